The van der Waals surface area contributed by atoms with Crippen LogP contribution in [0.1, 0.15) is 35.5 Å². The van der Waals surface area contributed by atoms with Crippen molar-refractivity contribution in [3.05, 3.63) is 41.1 Å². The molecule has 0 radical (unpaired) electrons. The number of hydrogen-bond donors (Lipinski definition) is 2. The number of aromatic nitrogens is 6. The van der Waals surface area contributed by atoms with Crippen LogP contribution in [0.5, 0.6) is 0 Å². The second-order valence-corrected chi connectivity index (χ2v) is 8.76. The lowest BCUT2D eigenvalue weighted by atomic mass is 10.1. The Bertz CT molecular complexity index is 1240. The topological polar surface area (TPSA) is 106 Å². The third-order valence-corrected chi connectivity index (χ3v) is 6.14. The molecule has 0 bridgehead atoms. The lowest BCUT2D eigenvalue weighted by Gasteiger charge is -2.35. The zero-order valence-electron chi connectivity index (χ0n) is 18.9. The number of hydrogen-bond acceptors (Lipinski definition) is 7. The van der Waals surface area contributed by atoms with E-state index < -0.39 is 11.9 Å². The Kier molecular flexibility index (Phi) is 5.21. The van der Waals surface area contributed by atoms with Crippen molar-refractivity contribution in [3.8, 4) is 0 Å². The molecule has 1 atom stereocenters. The highest BCUT2D eigenvalue weighted by molar-refractivity contribution is 6.03. The fourth-order valence-electron chi connectivity index (χ4n) is 4.21. The van der Waals surface area contributed by atoms with E-state index in [9.17, 15) is 18.0 Å². The van der Waals surface area contributed by atoms with Crippen LogP contribution in [-0.4, -0.2) is 48.5 Å². The second kappa shape index (κ2) is 7.99. The molecule has 2 aliphatic rings. The number of carbonyl (C=O) groups is 1. The fourth-order valence-corrected chi connectivity index (χ4v) is 4.21. The average molecular weight is 475 g/mol. The highest BCUT2D eigenvalue weighted by Crippen LogP contribution is 2.41. The summed E-state index contributed by atoms with van der Waals surface area (Å²) in [6.07, 6.45) is 0.959. The molecule has 5 rings (SSSR count). The van der Waals surface area contributed by atoms with Crippen molar-refractivity contribution in [1.82, 2.24) is 29.5 Å². The lowest BCUT2D eigenvalue weighted by molar-refractivity contribution is -0.141. The van der Waals surface area contributed by atoms with Gasteiger partial charge in [0, 0.05) is 32.4 Å². The van der Waals surface area contributed by atoms with Crippen molar-refractivity contribution >= 4 is 23.4 Å². The Morgan fingerprint density at radius 3 is 2.68 bits per heavy atom. The first-order valence-electron chi connectivity index (χ1n) is 10.9. The molecule has 4 heterocycles. The zero-order valence-corrected chi connectivity index (χ0v) is 18.9. The predicted molar refractivity (Wildman–Crippen MR) is 117 cm³/mol. The summed E-state index contributed by atoms with van der Waals surface area (Å²) in [5.41, 5.74) is 1.56. The highest BCUT2D eigenvalue weighted by atomic mass is 19.4. The van der Waals surface area contributed by atoms with E-state index in [2.05, 4.69) is 30.8 Å². The quantitative estimate of drug-likeness (QED) is 0.565. The molecule has 2 N–H and O–H groups in total. The Labute approximate surface area is 193 Å². The van der Waals surface area contributed by atoms with Gasteiger partial charge in [-0.1, -0.05) is 0 Å². The summed E-state index contributed by atoms with van der Waals surface area (Å²) in [6, 6.07) is 0.797. The molecule has 1 fully saturated rings. The number of alkyl halides is 3. The summed E-state index contributed by atoms with van der Waals surface area (Å²) in [4.78, 5) is 23.5. The SMILES string of the molecule is Cc1nc(NCc2cnn(Cc3cc(C(F)(F)F)nn3C)c2)nc2c1NC(=O)[C@@H](C1CC1)N2C. The average Bonchev–Trinajstić information content (AvgIpc) is 3.37. The number of nitrogens with one attached hydrogen (secondary N) is 2. The van der Waals surface area contributed by atoms with Crippen LogP contribution >= 0.6 is 0 Å². The van der Waals surface area contributed by atoms with E-state index in [4.69, 9.17) is 0 Å². The third kappa shape index (κ3) is 4.17. The molecule has 0 spiro atoms. The number of nitrogens with zero attached hydrogens (tertiary/aromatic N) is 7. The molecule has 34 heavy (non-hydrogen) atoms. The summed E-state index contributed by atoms with van der Waals surface area (Å²) < 4.78 is 41.4. The van der Waals surface area contributed by atoms with Gasteiger partial charge in [-0.3, -0.25) is 14.2 Å². The van der Waals surface area contributed by atoms with Gasteiger partial charge in [0.1, 0.15) is 11.7 Å². The number of halogens is 3. The first-order chi connectivity index (χ1) is 16.1. The Morgan fingerprint density at radius 1 is 1.24 bits per heavy atom. The summed E-state index contributed by atoms with van der Waals surface area (Å²) >= 11 is 0. The third-order valence-electron chi connectivity index (χ3n) is 6.14. The van der Waals surface area contributed by atoms with Gasteiger partial charge in [0.25, 0.3) is 0 Å². The van der Waals surface area contributed by atoms with E-state index in [1.54, 1.807) is 17.1 Å². The van der Waals surface area contributed by atoms with Crippen LogP contribution in [0.25, 0.3) is 0 Å². The number of carbonyl (C=O) groups excluding carboxylic acids is 1. The van der Waals surface area contributed by atoms with Crippen LogP contribution in [0.4, 0.5) is 30.6 Å². The van der Waals surface area contributed by atoms with Crippen LogP contribution in [0.15, 0.2) is 18.5 Å². The molecule has 10 nitrogen and oxygen atoms in total. The number of anilines is 3. The van der Waals surface area contributed by atoms with Gasteiger partial charge in [0.15, 0.2) is 11.5 Å². The summed E-state index contributed by atoms with van der Waals surface area (Å²) in [7, 11) is 3.35. The van der Waals surface area contributed by atoms with E-state index >= 15 is 0 Å². The first-order valence-corrected chi connectivity index (χ1v) is 10.9. The minimum absolute atomic E-state index is 0.0203. The Hall–Kier alpha value is -3.64. The van der Waals surface area contributed by atoms with Gasteiger partial charge >= 0.3 is 6.18 Å². The van der Waals surface area contributed by atoms with E-state index in [0.717, 1.165) is 24.5 Å². The van der Waals surface area contributed by atoms with Gasteiger partial charge in [-0.05, 0) is 31.7 Å². The molecule has 1 aliphatic carbocycles. The largest absolute Gasteiger partial charge is 0.435 e. The van der Waals surface area contributed by atoms with Gasteiger partial charge in [0.2, 0.25) is 11.9 Å². The fraction of sp³-hybridized carbons (Fsp3) is 0.476. The molecule has 0 aromatic carbocycles. The molecule has 1 amide bonds. The number of fused-ring (bicyclic) bond motifs is 1. The lowest BCUT2D eigenvalue weighted by Crippen LogP contribution is -2.48. The van der Waals surface area contributed by atoms with E-state index in [0.29, 0.717) is 41.3 Å². The minimum Gasteiger partial charge on any atom is -0.350 e. The number of aryl methyl sites for hydroxylation is 2. The summed E-state index contributed by atoms with van der Waals surface area (Å²) in [5, 5.41) is 13.9. The van der Waals surface area contributed by atoms with Crippen molar-refractivity contribution < 1.29 is 18.0 Å². The maximum absolute atomic E-state index is 12.9. The van der Waals surface area contributed by atoms with Gasteiger partial charge in [-0.2, -0.15) is 28.4 Å². The van der Waals surface area contributed by atoms with Gasteiger partial charge < -0.3 is 15.5 Å². The molecule has 13 heteroatoms. The smallest absolute Gasteiger partial charge is 0.350 e. The maximum Gasteiger partial charge on any atom is 0.435 e. The first kappa shape index (κ1) is 22.2. The number of amides is 1. The van der Waals surface area contributed by atoms with Crippen LogP contribution in [-0.2, 0) is 31.1 Å². The van der Waals surface area contributed by atoms with E-state index in [1.165, 1.54) is 11.7 Å². The van der Waals surface area contributed by atoms with Gasteiger partial charge in [-0.25, -0.2) is 4.98 Å². The van der Waals surface area contributed by atoms with Crippen molar-refractivity contribution in [3.63, 3.8) is 0 Å². The van der Waals surface area contributed by atoms with Crippen molar-refractivity contribution in [2.75, 3.05) is 22.6 Å². The Balaban J connectivity index is 1.27. The predicted octanol–water partition coefficient (Wildman–Crippen LogP) is 2.56. The zero-order chi connectivity index (χ0) is 24.2. The number of rotatable bonds is 6. The molecule has 3 aromatic heterocycles. The van der Waals surface area contributed by atoms with Gasteiger partial charge in [0.05, 0.1) is 24.1 Å². The Morgan fingerprint density at radius 2 is 2.00 bits per heavy atom. The van der Waals surface area contributed by atoms with E-state index in [-0.39, 0.29) is 18.5 Å². The van der Waals surface area contributed by atoms with Gasteiger partial charge in [-0.15, -0.1) is 0 Å². The summed E-state index contributed by atoms with van der Waals surface area (Å²) in [6.45, 7) is 2.35. The normalized spacial score (nSPS) is 18.1. The number of likely N-dealkylation sites (N-methyl/N-ethyl adjacent to an activating group) is 1. The molecule has 0 unspecified atom stereocenters. The van der Waals surface area contributed by atoms with E-state index in [1.807, 2.05) is 18.9 Å². The van der Waals surface area contributed by atoms with Crippen molar-refractivity contribution in [1.29, 1.82) is 0 Å². The monoisotopic (exact) mass is 475 g/mol. The molecule has 1 aliphatic heterocycles. The molecule has 180 valence electrons. The summed E-state index contributed by atoms with van der Waals surface area (Å²) in [5.74, 6) is 1.43. The van der Waals surface area contributed by atoms with Crippen LogP contribution in [0.2, 0.25) is 0 Å². The molecule has 1 saturated carbocycles. The highest BCUT2D eigenvalue weighted by Gasteiger charge is 2.43. The van der Waals surface area contributed by atoms with Crippen molar-refractivity contribution in [2.45, 2.75) is 45.1 Å². The molecular formula is C21H24F3N9O. The van der Waals surface area contributed by atoms with Crippen LogP contribution < -0.4 is 15.5 Å². The van der Waals surface area contributed by atoms with Crippen LogP contribution in [0, 0.1) is 12.8 Å². The maximum atomic E-state index is 12.9. The molecular weight excluding hydrogens is 451 g/mol. The molecule has 3 aromatic rings. The molecule has 0 saturated heterocycles. The van der Waals surface area contributed by atoms with Crippen molar-refractivity contribution in [2.24, 2.45) is 13.0 Å². The van der Waals surface area contributed by atoms with Crippen LogP contribution in [0.3, 0.4) is 0 Å². The standard InChI is InChI=1S/C21H24F3N9O/c1-11-16-18(31(2)17(13-4-5-13)19(34)28-16)29-20(27-11)25-7-12-8-26-33(9-12)10-14-6-15(21(22,23)24)30-32(14)3/h6,8-9,13,17H,4-5,7,10H2,1-3H3,(H,28,34)(H,25,27,29)/t17-/m1/s1. The minimum atomic E-state index is -4.49. The second-order valence-electron chi connectivity index (χ2n) is 8.76.